The van der Waals surface area contributed by atoms with Gasteiger partial charge in [-0.25, -0.2) is 4.52 Å². The topological polar surface area (TPSA) is 120 Å². The first-order valence-corrected chi connectivity index (χ1v) is 15.1. The van der Waals surface area contributed by atoms with Crippen LogP contribution in [0.2, 0.25) is 0 Å². The number of rotatable bonds is 4. The van der Waals surface area contributed by atoms with Gasteiger partial charge in [-0.15, -0.1) is 0 Å². The number of ether oxygens (including phenoxy) is 3. The molecule has 0 aliphatic carbocycles. The van der Waals surface area contributed by atoms with E-state index in [1.807, 2.05) is 55.9 Å². The highest BCUT2D eigenvalue weighted by Crippen LogP contribution is 2.30. The highest BCUT2D eigenvalue weighted by Gasteiger charge is 2.35. The first-order valence-electron chi connectivity index (χ1n) is 15.1. The Labute approximate surface area is 261 Å². The average Bonchev–Trinajstić information content (AvgIpc) is 3.61. The summed E-state index contributed by atoms with van der Waals surface area (Å²) in [5, 5.41) is 7.39. The van der Waals surface area contributed by atoms with Crippen molar-refractivity contribution < 1.29 is 28.6 Å². The van der Waals surface area contributed by atoms with E-state index < -0.39 is 6.10 Å². The number of hydrogen-bond acceptors (Lipinski definition) is 7. The quantitative estimate of drug-likeness (QED) is 0.374. The van der Waals surface area contributed by atoms with Gasteiger partial charge in [0.25, 0.3) is 11.8 Å². The Morgan fingerprint density at radius 3 is 2.78 bits per heavy atom. The molecule has 2 aromatic carbocycles. The Balaban J connectivity index is 1.27. The number of amides is 3. The van der Waals surface area contributed by atoms with E-state index in [9.17, 15) is 14.4 Å². The fraction of sp³-hybridized carbons (Fsp3) is 0.394. The lowest BCUT2D eigenvalue weighted by molar-refractivity contribution is -0.124. The second-order valence-electron chi connectivity index (χ2n) is 12.1. The zero-order valence-electron chi connectivity index (χ0n) is 25.9. The first-order chi connectivity index (χ1) is 21.6. The lowest BCUT2D eigenvalue weighted by Gasteiger charge is -2.39. The number of carbonyl (C=O) groups is 3. The Morgan fingerprint density at radius 2 is 1.96 bits per heavy atom. The molecule has 1 saturated heterocycles. The standard InChI is InChI=1S/C33H38N6O6/c1-21(2)19-43-25-13-23-14-26(15-25)45-24-7-5-6-22(12-24)20-44-29-17-38(9-8-28(29)35-30(40)18-37(4)32(23)41)33(42)27-16-34-39-11-10-36(3)31(27)39/h5-7,10-16,21,28-29H,8-9,17-20H2,1-4H3,(H,35,40)/t28-,29-/m0/s1. The third kappa shape index (κ3) is 6.65. The third-order valence-electron chi connectivity index (χ3n) is 7.99. The normalized spacial score (nSPS) is 19.3. The van der Waals surface area contributed by atoms with Gasteiger partial charge in [0, 0.05) is 51.2 Å². The zero-order chi connectivity index (χ0) is 31.7. The van der Waals surface area contributed by atoms with E-state index in [-0.39, 0.29) is 43.5 Å². The van der Waals surface area contributed by atoms with E-state index in [2.05, 4.69) is 10.4 Å². The van der Waals surface area contributed by atoms with E-state index >= 15 is 0 Å². The van der Waals surface area contributed by atoms with Crippen LogP contribution in [0.25, 0.3) is 5.65 Å². The second-order valence-corrected chi connectivity index (χ2v) is 12.1. The summed E-state index contributed by atoms with van der Waals surface area (Å²) in [7, 11) is 3.46. The van der Waals surface area contributed by atoms with Crippen LogP contribution in [0.3, 0.4) is 0 Å². The number of likely N-dealkylation sites (N-methyl/N-ethyl adjacent to an activating group) is 1. The number of likely N-dealkylation sites (tertiary alicyclic amines) is 1. The van der Waals surface area contributed by atoms with Crippen molar-refractivity contribution >= 4 is 23.4 Å². The molecule has 6 rings (SSSR count). The smallest absolute Gasteiger partial charge is 0.259 e. The molecule has 1 fully saturated rings. The number of piperidine rings is 1. The lowest BCUT2D eigenvalue weighted by Crippen LogP contribution is -2.57. The van der Waals surface area contributed by atoms with E-state index in [1.165, 1.54) is 4.90 Å². The molecule has 0 spiro atoms. The predicted molar refractivity (Wildman–Crippen MR) is 165 cm³/mol. The molecule has 2 aromatic heterocycles. The molecule has 2 aliphatic heterocycles. The van der Waals surface area contributed by atoms with Gasteiger partial charge in [-0.3, -0.25) is 14.4 Å². The van der Waals surface area contributed by atoms with Crippen molar-refractivity contribution in [1.29, 1.82) is 0 Å². The van der Waals surface area contributed by atoms with Crippen molar-refractivity contribution in [2.45, 2.75) is 39.0 Å². The predicted octanol–water partition coefficient (Wildman–Crippen LogP) is 3.50. The van der Waals surface area contributed by atoms with Gasteiger partial charge in [0.15, 0.2) is 0 Å². The zero-order valence-corrected chi connectivity index (χ0v) is 25.9. The Bertz CT molecular complexity index is 1730. The molecule has 4 heterocycles. The summed E-state index contributed by atoms with van der Waals surface area (Å²) in [6.45, 7) is 5.36. The number of fused-ring (bicyclic) bond motifs is 6. The van der Waals surface area contributed by atoms with Gasteiger partial charge in [-0.2, -0.15) is 5.10 Å². The van der Waals surface area contributed by atoms with Crippen molar-refractivity contribution in [3.8, 4) is 17.2 Å². The van der Waals surface area contributed by atoms with Gasteiger partial charge in [0.2, 0.25) is 5.91 Å². The molecule has 1 N–H and O–H groups in total. The highest BCUT2D eigenvalue weighted by atomic mass is 16.5. The fourth-order valence-corrected chi connectivity index (χ4v) is 5.70. The number of carbonyl (C=O) groups excluding carboxylic acids is 3. The summed E-state index contributed by atoms with van der Waals surface area (Å²) < 4.78 is 22.1. The van der Waals surface area contributed by atoms with Crippen LogP contribution in [0.4, 0.5) is 0 Å². The van der Waals surface area contributed by atoms with Crippen LogP contribution >= 0.6 is 0 Å². The Morgan fingerprint density at radius 1 is 1.11 bits per heavy atom. The summed E-state index contributed by atoms with van der Waals surface area (Å²) in [5.41, 5.74) is 2.43. The minimum Gasteiger partial charge on any atom is -0.493 e. The van der Waals surface area contributed by atoms with Crippen molar-refractivity contribution in [2.24, 2.45) is 13.0 Å². The van der Waals surface area contributed by atoms with E-state index in [0.717, 1.165) is 5.56 Å². The average molecular weight is 615 g/mol. The van der Waals surface area contributed by atoms with Crippen LogP contribution in [0.1, 0.15) is 46.5 Å². The monoisotopic (exact) mass is 614 g/mol. The molecule has 45 heavy (non-hydrogen) atoms. The molecule has 12 nitrogen and oxygen atoms in total. The number of aromatic nitrogens is 3. The minimum absolute atomic E-state index is 0.147. The van der Waals surface area contributed by atoms with Crippen LogP contribution < -0.4 is 14.8 Å². The molecule has 2 atom stereocenters. The van der Waals surface area contributed by atoms with Crippen LogP contribution in [-0.4, -0.2) is 87.1 Å². The summed E-state index contributed by atoms with van der Waals surface area (Å²) in [6.07, 6.45) is 5.23. The number of nitrogens with zero attached hydrogens (tertiary/aromatic N) is 5. The van der Waals surface area contributed by atoms with E-state index in [1.54, 1.807) is 47.1 Å². The first kappa shape index (κ1) is 30.2. The van der Waals surface area contributed by atoms with Gasteiger partial charge < -0.3 is 33.9 Å². The van der Waals surface area contributed by atoms with Crippen LogP contribution in [0, 0.1) is 5.92 Å². The van der Waals surface area contributed by atoms with Gasteiger partial charge in [-0.1, -0.05) is 26.0 Å². The van der Waals surface area contributed by atoms with Crippen LogP contribution in [0.15, 0.2) is 61.1 Å². The van der Waals surface area contributed by atoms with E-state index in [0.29, 0.717) is 59.5 Å². The van der Waals surface area contributed by atoms with Crippen LogP contribution in [0.5, 0.6) is 17.2 Å². The van der Waals surface area contributed by atoms with Gasteiger partial charge in [0.1, 0.15) is 28.5 Å². The van der Waals surface area contributed by atoms with Crippen molar-refractivity contribution in [3.63, 3.8) is 0 Å². The minimum atomic E-state index is -0.488. The van der Waals surface area contributed by atoms with Crippen molar-refractivity contribution in [3.05, 3.63) is 77.7 Å². The van der Waals surface area contributed by atoms with Gasteiger partial charge in [0.05, 0.1) is 38.1 Å². The molecule has 2 aliphatic rings. The molecule has 12 heteroatoms. The van der Waals surface area contributed by atoms with Crippen LogP contribution in [-0.2, 0) is 23.2 Å². The molecule has 0 radical (unpaired) electrons. The maximum Gasteiger partial charge on any atom is 0.259 e. The summed E-state index contributed by atoms with van der Waals surface area (Å²) in [4.78, 5) is 43.5. The molecule has 4 aromatic rings. The molecular formula is C33H38N6O6. The molecular weight excluding hydrogens is 576 g/mol. The number of benzene rings is 2. The number of imidazole rings is 1. The fourth-order valence-electron chi connectivity index (χ4n) is 5.70. The number of aryl methyl sites for hydroxylation is 1. The maximum atomic E-state index is 13.6. The number of hydrogen-bond donors (Lipinski definition) is 1. The Kier molecular flexibility index (Phi) is 8.48. The third-order valence-corrected chi connectivity index (χ3v) is 7.99. The molecule has 236 valence electrons. The summed E-state index contributed by atoms with van der Waals surface area (Å²) >= 11 is 0. The molecule has 0 saturated carbocycles. The number of nitrogens with one attached hydrogen (secondary N) is 1. The Hall–Kier alpha value is -4.84. The van der Waals surface area contributed by atoms with Gasteiger partial charge in [-0.05, 0) is 42.2 Å². The van der Waals surface area contributed by atoms with Gasteiger partial charge >= 0.3 is 0 Å². The highest BCUT2D eigenvalue weighted by molar-refractivity contribution is 6.00. The maximum absolute atomic E-state index is 13.6. The SMILES string of the molecule is CC(C)COc1cc2cc(c1)C(=O)N(C)CC(=O)N[C@H]1CCN(C(=O)c3cnn4ccn(C)c34)C[C@@H]1OCc1cccc(c1)O2. The largest absolute Gasteiger partial charge is 0.493 e. The summed E-state index contributed by atoms with van der Waals surface area (Å²) in [6, 6.07) is 12.2. The van der Waals surface area contributed by atoms with E-state index in [4.69, 9.17) is 14.2 Å². The molecule has 3 amide bonds. The molecule has 4 bridgehead atoms. The van der Waals surface area contributed by atoms with Crippen molar-refractivity contribution in [2.75, 3.05) is 33.3 Å². The lowest BCUT2D eigenvalue weighted by atomic mass is 10.0. The van der Waals surface area contributed by atoms with Crippen molar-refractivity contribution in [1.82, 2.24) is 29.3 Å². The summed E-state index contributed by atoms with van der Waals surface area (Å²) in [5.74, 6) is 1.02. The second kappa shape index (κ2) is 12.6. The molecule has 0 unspecified atom stereocenters.